The summed E-state index contributed by atoms with van der Waals surface area (Å²) in [5.74, 6) is -1.35. The Morgan fingerprint density at radius 1 is 1.70 bits per heavy atom. The van der Waals surface area contributed by atoms with Crippen LogP contribution in [0.15, 0.2) is 0 Å². The Bertz CT molecular complexity index is 143. The van der Waals surface area contributed by atoms with E-state index in [1.807, 2.05) is 0 Å². The Balaban J connectivity index is 4.27. The van der Waals surface area contributed by atoms with E-state index in [1.165, 1.54) is 6.92 Å². The zero-order chi connectivity index (χ0) is 8.31. The van der Waals surface area contributed by atoms with Gasteiger partial charge in [-0.2, -0.15) is 0 Å². The molecule has 0 amide bonds. The highest BCUT2D eigenvalue weighted by atomic mass is 32.2. The molecule has 0 bridgehead atoms. The number of carbonyl (C=O) groups is 1. The molecule has 0 aromatic carbocycles. The number of nitrogens with two attached hydrogens (primary N) is 1. The Kier molecular flexibility index (Phi) is 3.48. The molecule has 0 rings (SSSR count). The van der Waals surface area contributed by atoms with Crippen LogP contribution >= 0.6 is 0 Å². The van der Waals surface area contributed by atoms with Gasteiger partial charge >= 0.3 is 5.97 Å². The van der Waals surface area contributed by atoms with Crippen molar-refractivity contribution in [1.29, 1.82) is 0 Å². The summed E-state index contributed by atoms with van der Waals surface area (Å²) in [4.78, 5) is 10.1. The maximum Gasteiger partial charge on any atom is 0.323 e. The maximum absolute atomic E-state index is 10.2. The van der Waals surface area contributed by atoms with Crippen LogP contribution in [-0.4, -0.2) is 31.1 Å². The monoisotopic (exact) mass is 167 g/mol. The van der Waals surface area contributed by atoms with Crippen LogP contribution in [-0.2, 0) is 15.9 Å². The summed E-state index contributed by atoms with van der Waals surface area (Å²) in [7, 11) is 0. The first-order valence-corrected chi connectivity index (χ1v) is 3.72. The minimum atomic E-state index is -2.39. The number of hydrogen-bond acceptors (Lipinski definition) is 3. The fourth-order valence-corrected chi connectivity index (χ4v) is 1.03. The number of aliphatic carboxylic acids is 1. The van der Waals surface area contributed by atoms with Gasteiger partial charge in [-0.15, -0.1) is 0 Å². The van der Waals surface area contributed by atoms with Crippen molar-refractivity contribution in [3.05, 3.63) is 0 Å². The number of carboxylic acids is 1. The Labute approximate surface area is 60.5 Å². The summed E-state index contributed by atoms with van der Waals surface area (Å²) in [6.45, 7) is 1.37. The Hall–Kier alpha value is -0.460. The number of hydrogen-bond donors (Lipinski definition) is 3. The van der Waals surface area contributed by atoms with E-state index in [-0.39, 0.29) is 0 Å². The molecule has 0 aliphatic carbocycles. The van der Waals surface area contributed by atoms with E-state index in [4.69, 9.17) is 15.4 Å². The van der Waals surface area contributed by atoms with E-state index < -0.39 is 28.3 Å². The van der Waals surface area contributed by atoms with Crippen molar-refractivity contribution in [3.8, 4) is 0 Å². The van der Waals surface area contributed by atoms with Crippen molar-refractivity contribution < 1.29 is 18.7 Å². The molecule has 3 atom stereocenters. The summed E-state index contributed by atoms with van der Waals surface area (Å²) in [6, 6.07) is -0.816. The average Bonchev–Trinajstić information content (AvgIpc) is 1.59. The zero-order valence-electron chi connectivity index (χ0n) is 5.35. The number of rotatable bonds is 3. The van der Waals surface area contributed by atoms with Crippen LogP contribution < -0.4 is 5.73 Å². The van der Waals surface area contributed by atoms with E-state index in [0.29, 0.717) is 0 Å². The van der Waals surface area contributed by atoms with Gasteiger partial charge in [0.1, 0.15) is 0 Å². The predicted molar refractivity (Wildman–Crippen MR) is 35.8 cm³/mol. The molecule has 0 aromatic heterocycles. The second-order valence-corrected chi connectivity index (χ2v) is 2.95. The molecule has 4 N–H and O–H groups in total. The second kappa shape index (κ2) is 3.65. The normalized spacial score (nSPS) is 19.5. The van der Waals surface area contributed by atoms with Crippen LogP contribution in [0.1, 0.15) is 6.92 Å². The molecule has 0 saturated heterocycles. The molecular weight excluding hydrogens is 158 g/mol. The van der Waals surface area contributed by atoms with Crippen molar-refractivity contribution in [1.82, 2.24) is 0 Å². The fourth-order valence-electron chi connectivity index (χ4n) is 0.495. The molecule has 0 aromatic rings. The van der Waals surface area contributed by atoms with Gasteiger partial charge < -0.3 is 15.4 Å². The third-order valence-electron chi connectivity index (χ3n) is 0.938. The lowest BCUT2D eigenvalue weighted by atomic mass is 10.2. The zero-order valence-corrected chi connectivity index (χ0v) is 6.17. The van der Waals surface area contributed by atoms with E-state index in [0.717, 1.165) is 0 Å². The van der Waals surface area contributed by atoms with Gasteiger partial charge in [-0.3, -0.25) is 4.79 Å². The van der Waals surface area contributed by atoms with Gasteiger partial charge in [-0.05, 0) is 6.92 Å². The molecule has 5 nitrogen and oxygen atoms in total. The van der Waals surface area contributed by atoms with Gasteiger partial charge in [0.25, 0.3) is 0 Å². The minimum absolute atomic E-state index is 0.816. The summed E-state index contributed by atoms with van der Waals surface area (Å²) in [6.07, 6.45) is 0. The minimum Gasteiger partial charge on any atom is -0.480 e. The van der Waals surface area contributed by atoms with Gasteiger partial charge in [-0.25, -0.2) is 4.21 Å². The lowest BCUT2D eigenvalue weighted by molar-refractivity contribution is -0.136. The van der Waals surface area contributed by atoms with E-state index in [2.05, 4.69) is 0 Å². The molecule has 0 aliphatic rings. The summed E-state index contributed by atoms with van der Waals surface area (Å²) in [5, 5.41) is 6.89. The molecule has 0 radical (unpaired) electrons. The summed E-state index contributed by atoms with van der Waals surface area (Å²) >= 11 is -2.39. The van der Waals surface area contributed by atoms with Crippen molar-refractivity contribution in [2.75, 3.05) is 0 Å². The van der Waals surface area contributed by atoms with Crippen LogP contribution in [0.4, 0.5) is 0 Å². The Morgan fingerprint density at radius 3 is 2.10 bits per heavy atom. The van der Waals surface area contributed by atoms with E-state index in [1.54, 1.807) is 0 Å². The molecule has 0 spiro atoms. The summed E-state index contributed by atoms with van der Waals surface area (Å²) in [5.41, 5.74) is 5.10. The van der Waals surface area contributed by atoms with E-state index in [9.17, 15) is 9.00 Å². The van der Waals surface area contributed by atoms with Crippen molar-refractivity contribution in [3.63, 3.8) is 0 Å². The predicted octanol–water partition coefficient (Wildman–Crippen LogP) is -0.991. The van der Waals surface area contributed by atoms with E-state index >= 15 is 0 Å². The van der Waals surface area contributed by atoms with Gasteiger partial charge in [-0.1, -0.05) is 0 Å². The van der Waals surface area contributed by atoms with Crippen molar-refractivity contribution in [2.45, 2.75) is 18.2 Å². The standard InChI is InChI=1S/C4H9NO4S/c1-2(5)3(4(6)7)10(8)9/h2-3H,5H2,1H3,(H,6,7)(H,8,9). The Morgan fingerprint density at radius 2 is 2.10 bits per heavy atom. The molecule has 60 valence electrons. The lowest BCUT2D eigenvalue weighted by Crippen LogP contribution is -2.41. The number of carboxylic acid groups (broad SMARTS) is 1. The fraction of sp³-hybridized carbons (Fsp3) is 0.750. The van der Waals surface area contributed by atoms with Gasteiger partial charge in [0, 0.05) is 6.04 Å². The molecule has 6 heteroatoms. The molecular formula is C4H9NO4S. The highest BCUT2D eigenvalue weighted by Crippen LogP contribution is 1.97. The highest BCUT2D eigenvalue weighted by molar-refractivity contribution is 7.80. The molecule has 0 fully saturated rings. The molecule has 0 saturated carbocycles. The maximum atomic E-state index is 10.2. The van der Waals surface area contributed by atoms with Crippen molar-refractivity contribution in [2.24, 2.45) is 5.73 Å². The first-order chi connectivity index (χ1) is 4.46. The van der Waals surface area contributed by atoms with Crippen LogP contribution in [0.25, 0.3) is 0 Å². The van der Waals surface area contributed by atoms with Crippen LogP contribution in [0, 0.1) is 0 Å². The third kappa shape index (κ3) is 2.42. The first kappa shape index (κ1) is 9.54. The molecule has 3 unspecified atom stereocenters. The third-order valence-corrected chi connectivity index (χ3v) is 2.00. The van der Waals surface area contributed by atoms with Gasteiger partial charge in [0.05, 0.1) is 0 Å². The highest BCUT2D eigenvalue weighted by Gasteiger charge is 2.27. The van der Waals surface area contributed by atoms with Gasteiger partial charge in [0.15, 0.2) is 16.3 Å². The quantitative estimate of drug-likeness (QED) is 0.468. The second-order valence-electron chi connectivity index (χ2n) is 1.89. The molecule has 10 heavy (non-hydrogen) atoms. The topological polar surface area (TPSA) is 101 Å². The van der Waals surface area contributed by atoms with Crippen LogP contribution in [0.2, 0.25) is 0 Å². The summed E-state index contributed by atoms with van der Waals surface area (Å²) < 4.78 is 18.6. The molecule has 0 heterocycles. The smallest absolute Gasteiger partial charge is 0.323 e. The first-order valence-electron chi connectivity index (χ1n) is 2.55. The van der Waals surface area contributed by atoms with Crippen LogP contribution in [0.3, 0.4) is 0 Å². The lowest BCUT2D eigenvalue weighted by Gasteiger charge is -2.10. The van der Waals surface area contributed by atoms with Gasteiger partial charge in [0.2, 0.25) is 0 Å². The molecule has 0 aliphatic heterocycles. The van der Waals surface area contributed by atoms with Crippen molar-refractivity contribution >= 4 is 17.0 Å². The van der Waals surface area contributed by atoms with Crippen LogP contribution in [0.5, 0.6) is 0 Å². The SMILES string of the molecule is CC(N)C(C(=O)O)S(=O)O. The average molecular weight is 167 g/mol. The largest absolute Gasteiger partial charge is 0.480 e.